The van der Waals surface area contributed by atoms with Crippen LogP contribution in [0.1, 0.15) is 40.7 Å². The van der Waals surface area contributed by atoms with Crippen molar-refractivity contribution in [3.8, 4) is 0 Å². The summed E-state index contributed by atoms with van der Waals surface area (Å²) in [6, 6.07) is 6.01. The van der Waals surface area contributed by atoms with Crippen LogP contribution in [0.5, 0.6) is 0 Å². The quantitative estimate of drug-likeness (QED) is 0.216. The highest BCUT2D eigenvalue weighted by Gasteiger charge is 2.38. The number of carbonyl (C=O) groups is 2. The number of hydrogen-bond donors (Lipinski definition) is 2. The number of amides is 2. The minimum Gasteiger partial charge on any atom is -0.380 e. The molecule has 6 nitrogen and oxygen atoms in total. The number of alkyl halides is 6. The van der Waals surface area contributed by atoms with Gasteiger partial charge in [-0.1, -0.05) is 12.1 Å². The number of likely N-dealkylation sites (tertiary alicyclic amines) is 1. The molecule has 208 valence electrons. The molecule has 2 aromatic rings. The van der Waals surface area contributed by atoms with E-state index < -0.39 is 41.5 Å². The van der Waals surface area contributed by atoms with Crippen LogP contribution in [0, 0.1) is 5.41 Å². The van der Waals surface area contributed by atoms with Crippen molar-refractivity contribution < 1.29 is 35.9 Å². The third kappa shape index (κ3) is 6.82. The number of nitrogens with one attached hydrogen (secondary N) is 2. The van der Waals surface area contributed by atoms with Gasteiger partial charge in [0, 0.05) is 37.1 Å². The highest BCUT2D eigenvalue weighted by molar-refractivity contribution is 8.18. The lowest BCUT2D eigenvalue weighted by Crippen LogP contribution is -2.36. The SMILES string of the molecule is N=Cc1cc(C=C2SC(=O)N(CCN3CCCC3)C2=O)ccc1NCc1ccc(C(F)(F)F)cc1C(F)(F)F. The van der Waals surface area contributed by atoms with Gasteiger partial charge in [0.2, 0.25) is 0 Å². The molecule has 0 bridgehead atoms. The minimum atomic E-state index is -5.00. The fourth-order valence-electron chi connectivity index (χ4n) is 4.40. The topological polar surface area (TPSA) is 76.5 Å². The summed E-state index contributed by atoms with van der Waals surface area (Å²) < 4.78 is 79.1. The van der Waals surface area contributed by atoms with E-state index in [0.717, 1.165) is 50.0 Å². The van der Waals surface area contributed by atoms with Crippen molar-refractivity contribution in [2.45, 2.75) is 31.7 Å². The number of thioether (sulfide) groups is 1. The molecule has 4 rings (SSSR count). The fraction of sp³-hybridized carbons (Fsp3) is 0.346. The molecule has 2 saturated heterocycles. The van der Waals surface area contributed by atoms with E-state index in [1.807, 2.05) is 0 Å². The number of carbonyl (C=O) groups excluding carboxylic acids is 2. The molecule has 2 heterocycles. The molecule has 2 aromatic carbocycles. The van der Waals surface area contributed by atoms with E-state index in [0.29, 0.717) is 24.7 Å². The average Bonchev–Trinajstić information content (AvgIpc) is 3.48. The molecule has 2 fully saturated rings. The zero-order chi connectivity index (χ0) is 28.4. The van der Waals surface area contributed by atoms with Gasteiger partial charge in [-0.2, -0.15) is 26.3 Å². The van der Waals surface area contributed by atoms with Gasteiger partial charge >= 0.3 is 12.4 Å². The Bertz CT molecular complexity index is 1300. The molecular weight excluding hydrogens is 546 g/mol. The van der Waals surface area contributed by atoms with Gasteiger partial charge in [0.25, 0.3) is 11.1 Å². The van der Waals surface area contributed by atoms with Crippen LogP contribution in [0.15, 0.2) is 41.3 Å². The molecule has 0 radical (unpaired) electrons. The molecular formula is C26H24F6N4O2S. The molecule has 0 spiro atoms. The minimum absolute atomic E-state index is 0.0792. The molecule has 2 aliphatic heterocycles. The van der Waals surface area contributed by atoms with E-state index in [1.165, 1.54) is 23.1 Å². The van der Waals surface area contributed by atoms with Crippen molar-refractivity contribution in [2.24, 2.45) is 0 Å². The van der Waals surface area contributed by atoms with E-state index in [-0.39, 0.29) is 27.5 Å². The predicted molar refractivity (Wildman–Crippen MR) is 136 cm³/mol. The molecule has 0 aromatic heterocycles. The Morgan fingerprint density at radius 1 is 0.949 bits per heavy atom. The van der Waals surface area contributed by atoms with Gasteiger partial charge in [-0.05, 0) is 79.2 Å². The van der Waals surface area contributed by atoms with Gasteiger partial charge < -0.3 is 15.6 Å². The Labute approximate surface area is 224 Å². The van der Waals surface area contributed by atoms with Gasteiger partial charge in [0.1, 0.15) is 0 Å². The Morgan fingerprint density at radius 3 is 2.31 bits per heavy atom. The number of benzene rings is 2. The van der Waals surface area contributed by atoms with Crippen LogP contribution in [0.25, 0.3) is 6.08 Å². The highest BCUT2D eigenvalue weighted by Crippen LogP contribution is 2.38. The van der Waals surface area contributed by atoms with Crippen molar-refractivity contribution in [1.29, 1.82) is 5.41 Å². The van der Waals surface area contributed by atoms with Crippen molar-refractivity contribution in [2.75, 3.05) is 31.5 Å². The second kappa shape index (κ2) is 11.4. The largest absolute Gasteiger partial charge is 0.416 e. The van der Waals surface area contributed by atoms with Crippen molar-refractivity contribution in [1.82, 2.24) is 9.80 Å². The van der Waals surface area contributed by atoms with E-state index in [1.54, 1.807) is 6.07 Å². The van der Waals surface area contributed by atoms with Crippen molar-refractivity contribution in [3.05, 3.63) is 69.1 Å². The third-order valence-corrected chi connectivity index (χ3v) is 7.36. The molecule has 2 aliphatic rings. The normalized spacial score (nSPS) is 17.9. The van der Waals surface area contributed by atoms with Crippen molar-refractivity contribution >= 4 is 40.9 Å². The lowest BCUT2D eigenvalue weighted by atomic mass is 10.0. The first kappa shape index (κ1) is 28.7. The maximum absolute atomic E-state index is 13.5. The summed E-state index contributed by atoms with van der Waals surface area (Å²) in [4.78, 5) is 28.8. The monoisotopic (exact) mass is 570 g/mol. The molecule has 0 unspecified atom stereocenters. The lowest BCUT2D eigenvalue weighted by Gasteiger charge is -2.18. The number of halogens is 6. The van der Waals surface area contributed by atoms with Gasteiger partial charge in [-0.25, -0.2) is 0 Å². The molecule has 2 N–H and O–H groups in total. The Kier molecular flexibility index (Phi) is 8.40. The fourth-order valence-corrected chi connectivity index (χ4v) is 5.27. The summed E-state index contributed by atoms with van der Waals surface area (Å²) in [5, 5.41) is 10.1. The Balaban J connectivity index is 1.48. The van der Waals surface area contributed by atoms with E-state index >= 15 is 0 Å². The number of anilines is 1. The van der Waals surface area contributed by atoms with Gasteiger partial charge in [0.05, 0.1) is 16.0 Å². The van der Waals surface area contributed by atoms with Crippen LogP contribution in [0.4, 0.5) is 36.8 Å². The van der Waals surface area contributed by atoms with Crippen LogP contribution < -0.4 is 5.32 Å². The molecule has 0 aliphatic carbocycles. The molecule has 0 saturated carbocycles. The number of nitrogens with zero attached hydrogens (tertiary/aromatic N) is 2. The zero-order valence-electron chi connectivity index (χ0n) is 20.5. The lowest BCUT2D eigenvalue weighted by molar-refractivity contribution is -0.143. The van der Waals surface area contributed by atoms with Crippen LogP contribution in [0.2, 0.25) is 0 Å². The van der Waals surface area contributed by atoms with Gasteiger partial charge in [-0.3, -0.25) is 14.5 Å². The first-order chi connectivity index (χ1) is 18.4. The smallest absolute Gasteiger partial charge is 0.380 e. The Hall–Kier alpha value is -3.32. The number of rotatable bonds is 8. The van der Waals surface area contributed by atoms with Crippen LogP contribution in [-0.4, -0.2) is 53.3 Å². The van der Waals surface area contributed by atoms with Gasteiger partial charge in [-0.15, -0.1) is 0 Å². The maximum Gasteiger partial charge on any atom is 0.416 e. The number of hydrogen-bond acceptors (Lipinski definition) is 6. The summed E-state index contributed by atoms with van der Waals surface area (Å²) in [5.74, 6) is -0.412. The molecule has 0 atom stereocenters. The summed E-state index contributed by atoms with van der Waals surface area (Å²) in [6.45, 7) is 2.34. The van der Waals surface area contributed by atoms with E-state index in [2.05, 4.69) is 10.2 Å². The predicted octanol–water partition coefficient (Wildman–Crippen LogP) is 6.47. The molecule has 39 heavy (non-hydrogen) atoms. The third-order valence-electron chi connectivity index (χ3n) is 6.45. The van der Waals surface area contributed by atoms with Crippen LogP contribution in [0.3, 0.4) is 0 Å². The summed E-state index contributed by atoms with van der Waals surface area (Å²) in [5.41, 5.74) is -2.15. The summed E-state index contributed by atoms with van der Waals surface area (Å²) in [7, 11) is 0. The highest BCUT2D eigenvalue weighted by atomic mass is 32.2. The maximum atomic E-state index is 13.5. The summed E-state index contributed by atoms with van der Waals surface area (Å²) >= 11 is 0.812. The second-order valence-electron chi connectivity index (χ2n) is 9.09. The number of imide groups is 1. The van der Waals surface area contributed by atoms with Gasteiger partial charge in [0.15, 0.2) is 0 Å². The van der Waals surface area contributed by atoms with Crippen molar-refractivity contribution in [3.63, 3.8) is 0 Å². The van der Waals surface area contributed by atoms with Crippen LogP contribution in [-0.2, 0) is 23.7 Å². The van der Waals surface area contributed by atoms with Crippen LogP contribution >= 0.6 is 11.8 Å². The molecule has 2 amide bonds. The first-order valence-electron chi connectivity index (χ1n) is 12.0. The average molecular weight is 571 g/mol. The van der Waals surface area contributed by atoms with E-state index in [9.17, 15) is 35.9 Å². The first-order valence-corrected chi connectivity index (χ1v) is 12.8. The zero-order valence-corrected chi connectivity index (χ0v) is 21.3. The standard InChI is InChI=1S/C26H24F6N4O2S/c27-25(28,29)19-5-4-17(20(13-19)26(30,31)32)15-34-21-6-3-16(11-18(21)14-33)12-22-23(37)36(24(38)39-22)10-9-35-7-1-2-8-35/h3-6,11-14,33-34H,1-2,7-10,15H2. The van der Waals surface area contributed by atoms with E-state index in [4.69, 9.17) is 5.41 Å². The Morgan fingerprint density at radius 2 is 1.67 bits per heavy atom. The summed E-state index contributed by atoms with van der Waals surface area (Å²) in [6.07, 6.45) is -5.26. The second-order valence-corrected chi connectivity index (χ2v) is 10.1. The molecule has 13 heteroatoms.